The molecule has 1 atom stereocenters. The molecule has 2 heterocycles. The molecule has 6 nitrogen and oxygen atoms in total. The largest absolute Gasteiger partial charge is 0.379 e. The zero-order valence-electron chi connectivity index (χ0n) is 14.4. The van der Waals surface area contributed by atoms with Gasteiger partial charge in [-0.1, -0.05) is 25.4 Å². The Kier molecular flexibility index (Phi) is 6.44. The summed E-state index contributed by atoms with van der Waals surface area (Å²) in [6.45, 7) is 12.7. The maximum absolute atomic E-state index is 12.5. The van der Waals surface area contributed by atoms with Crippen LogP contribution in [0.15, 0.2) is 0 Å². The lowest BCUT2D eigenvalue weighted by Crippen LogP contribution is -2.47. The summed E-state index contributed by atoms with van der Waals surface area (Å²) in [5.41, 5.74) is 1.16. The third kappa shape index (κ3) is 4.68. The van der Waals surface area contributed by atoms with E-state index in [1.54, 1.807) is 4.68 Å². The number of ether oxygens (including phenoxy) is 1. The molecule has 1 fully saturated rings. The highest BCUT2D eigenvalue weighted by atomic mass is 35.5. The summed E-state index contributed by atoms with van der Waals surface area (Å²) < 4.78 is 7.06. The van der Waals surface area contributed by atoms with Crippen molar-refractivity contribution in [2.45, 2.75) is 40.3 Å². The lowest BCUT2D eigenvalue weighted by Gasteiger charge is -2.32. The van der Waals surface area contributed by atoms with E-state index in [0.29, 0.717) is 35.4 Å². The number of hydrogen-bond donors (Lipinski definition) is 1. The molecule has 1 amide bonds. The van der Waals surface area contributed by atoms with Gasteiger partial charge in [0.1, 0.15) is 5.15 Å². The van der Waals surface area contributed by atoms with Crippen LogP contribution in [0.25, 0.3) is 0 Å². The van der Waals surface area contributed by atoms with Gasteiger partial charge in [-0.05, 0) is 19.8 Å². The molecule has 0 bridgehead atoms. The number of halogens is 1. The number of hydrogen-bond acceptors (Lipinski definition) is 4. The molecular weight excluding hydrogens is 316 g/mol. The molecule has 1 N–H and O–H groups in total. The van der Waals surface area contributed by atoms with E-state index in [-0.39, 0.29) is 11.9 Å². The number of nitrogens with one attached hydrogen (secondary N) is 1. The van der Waals surface area contributed by atoms with Crippen LogP contribution in [-0.4, -0.2) is 59.5 Å². The summed E-state index contributed by atoms with van der Waals surface area (Å²) in [6.07, 6.45) is 0. The second kappa shape index (κ2) is 8.13. The number of morpholine rings is 1. The van der Waals surface area contributed by atoms with E-state index >= 15 is 0 Å². The summed E-state index contributed by atoms with van der Waals surface area (Å²) >= 11 is 6.35. The molecule has 0 unspecified atom stereocenters. The molecule has 0 saturated carbocycles. The highest BCUT2D eigenvalue weighted by Crippen LogP contribution is 2.20. The van der Waals surface area contributed by atoms with Crippen molar-refractivity contribution >= 4 is 17.5 Å². The van der Waals surface area contributed by atoms with Crippen molar-refractivity contribution in [1.82, 2.24) is 20.0 Å². The first-order valence-corrected chi connectivity index (χ1v) is 8.60. The summed E-state index contributed by atoms with van der Waals surface area (Å²) in [6, 6.07) is 0.271. The summed E-state index contributed by atoms with van der Waals surface area (Å²) in [4.78, 5) is 14.8. The van der Waals surface area contributed by atoms with Crippen LogP contribution in [0.5, 0.6) is 0 Å². The molecule has 0 aliphatic carbocycles. The van der Waals surface area contributed by atoms with Crippen LogP contribution in [0.3, 0.4) is 0 Å². The number of amides is 1. The van der Waals surface area contributed by atoms with Crippen LogP contribution in [0.1, 0.15) is 36.8 Å². The molecule has 0 aromatic carbocycles. The third-order valence-corrected chi connectivity index (χ3v) is 4.44. The predicted molar refractivity (Wildman–Crippen MR) is 91.0 cm³/mol. The fraction of sp³-hybridized carbons (Fsp3) is 0.750. The van der Waals surface area contributed by atoms with Gasteiger partial charge in [-0.25, -0.2) is 0 Å². The molecule has 0 radical (unpaired) electrons. The Morgan fingerprint density at radius 1 is 1.35 bits per heavy atom. The SMILES string of the molecule is Cc1nn(CC(C)C)c(Cl)c1C(=O)NC[C@H](C)N1CCOCC1. The van der Waals surface area contributed by atoms with Crippen molar-refractivity contribution in [1.29, 1.82) is 0 Å². The Balaban J connectivity index is 1.96. The molecule has 1 aliphatic rings. The average Bonchev–Trinajstić information content (AvgIpc) is 2.79. The quantitative estimate of drug-likeness (QED) is 0.858. The summed E-state index contributed by atoms with van der Waals surface area (Å²) in [7, 11) is 0. The minimum absolute atomic E-state index is 0.150. The summed E-state index contributed by atoms with van der Waals surface area (Å²) in [5.74, 6) is 0.270. The van der Waals surface area contributed by atoms with E-state index in [1.165, 1.54) is 0 Å². The standard InChI is InChI=1S/C16H27ClN4O2/c1-11(2)10-21-15(17)14(13(4)19-21)16(22)18-9-12(3)20-5-7-23-8-6-20/h11-12H,5-10H2,1-4H3,(H,18,22)/t12-/m0/s1. The van der Waals surface area contributed by atoms with Gasteiger partial charge in [-0.2, -0.15) is 5.10 Å². The topological polar surface area (TPSA) is 59.4 Å². The van der Waals surface area contributed by atoms with Gasteiger partial charge in [0.05, 0.1) is 24.5 Å². The van der Waals surface area contributed by atoms with Crippen molar-refractivity contribution < 1.29 is 9.53 Å². The highest BCUT2D eigenvalue weighted by Gasteiger charge is 2.22. The third-order valence-electron chi connectivity index (χ3n) is 4.06. The van der Waals surface area contributed by atoms with E-state index in [9.17, 15) is 4.79 Å². The number of aromatic nitrogens is 2. The van der Waals surface area contributed by atoms with Crippen LogP contribution >= 0.6 is 11.6 Å². The van der Waals surface area contributed by atoms with Crippen molar-refractivity contribution in [3.05, 3.63) is 16.4 Å². The Bertz CT molecular complexity index is 538. The molecule has 0 spiro atoms. The minimum Gasteiger partial charge on any atom is -0.379 e. The number of carbonyl (C=O) groups excluding carboxylic acids is 1. The molecule has 2 rings (SSSR count). The zero-order chi connectivity index (χ0) is 17.0. The van der Waals surface area contributed by atoms with Crippen LogP contribution in [0, 0.1) is 12.8 Å². The maximum Gasteiger partial charge on any atom is 0.256 e. The minimum atomic E-state index is -0.150. The first-order chi connectivity index (χ1) is 10.9. The number of carbonyl (C=O) groups is 1. The molecule has 1 aromatic rings. The Hall–Kier alpha value is -1.11. The average molecular weight is 343 g/mol. The molecule has 130 valence electrons. The molecule has 1 aromatic heterocycles. The number of aryl methyl sites for hydroxylation is 1. The first-order valence-electron chi connectivity index (χ1n) is 8.23. The van der Waals surface area contributed by atoms with Crippen molar-refractivity contribution in [3.63, 3.8) is 0 Å². The van der Waals surface area contributed by atoms with Crippen LogP contribution in [-0.2, 0) is 11.3 Å². The van der Waals surface area contributed by atoms with Gasteiger partial charge in [0.25, 0.3) is 5.91 Å². The van der Waals surface area contributed by atoms with E-state index in [4.69, 9.17) is 16.3 Å². The van der Waals surface area contributed by atoms with Gasteiger partial charge >= 0.3 is 0 Å². The smallest absolute Gasteiger partial charge is 0.256 e. The van der Waals surface area contributed by atoms with Gasteiger partial charge in [-0.3, -0.25) is 14.4 Å². The maximum atomic E-state index is 12.5. The van der Waals surface area contributed by atoms with Crippen molar-refractivity contribution in [2.24, 2.45) is 5.92 Å². The Morgan fingerprint density at radius 2 is 2.00 bits per heavy atom. The number of nitrogens with zero attached hydrogens (tertiary/aromatic N) is 3. The van der Waals surface area contributed by atoms with E-state index < -0.39 is 0 Å². The molecule has 1 aliphatic heterocycles. The fourth-order valence-electron chi connectivity index (χ4n) is 2.75. The summed E-state index contributed by atoms with van der Waals surface area (Å²) in [5, 5.41) is 7.79. The van der Waals surface area contributed by atoms with E-state index in [0.717, 1.165) is 26.3 Å². The van der Waals surface area contributed by atoms with E-state index in [1.807, 2.05) is 6.92 Å². The van der Waals surface area contributed by atoms with Crippen LogP contribution in [0.2, 0.25) is 5.15 Å². The number of rotatable bonds is 6. The highest BCUT2D eigenvalue weighted by molar-refractivity contribution is 6.33. The molecular formula is C16H27ClN4O2. The van der Waals surface area contributed by atoms with Crippen LogP contribution in [0.4, 0.5) is 0 Å². The molecule has 1 saturated heterocycles. The van der Waals surface area contributed by atoms with Crippen LogP contribution < -0.4 is 5.32 Å². The lowest BCUT2D eigenvalue weighted by molar-refractivity contribution is 0.0204. The van der Waals surface area contributed by atoms with Gasteiger partial charge in [0.15, 0.2) is 0 Å². The second-order valence-corrected chi connectivity index (χ2v) is 6.89. The second-order valence-electron chi connectivity index (χ2n) is 6.53. The predicted octanol–water partition coefficient (Wildman–Crippen LogP) is 1.95. The van der Waals surface area contributed by atoms with Gasteiger partial charge in [-0.15, -0.1) is 0 Å². The molecule has 7 heteroatoms. The fourth-order valence-corrected chi connectivity index (χ4v) is 3.08. The molecule has 23 heavy (non-hydrogen) atoms. The zero-order valence-corrected chi connectivity index (χ0v) is 15.2. The van der Waals surface area contributed by atoms with Gasteiger partial charge in [0, 0.05) is 32.2 Å². The Labute approximate surface area is 143 Å². The monoisotopic (exact) mass is 342 g/mol. The lowest BCUT2D eigenvalue weighted by atomic mass is 10.2. The van der Waals surface area contributed by atoms with E-state index in [2.05, 4.69) is 36.1 Å². The Morgan fingerprint density at radius 3 is 2.61 bits per heavy atom. The van der Waals surface area contributed by atoms with Gasteiger partial charge in [0.2, 0.25) is 0 Å². The first kappa shape index (κ1) is 18.2. The van der Waals surface area contributed by atoms with Crippen molar-refractivity contribution in [2.75, 3.05) is 32.8 Å². The normalized spacial score (nSPS) is 17.5. The van der Waals surface area contributed by atoms with Crippen molar-refractivity contribution in [3.8, 4) is 0 Å². The van der Waals surface area contributed by atoms with Gasteiger partial charge < -0.3 is 10.1 Å².